The highest BCUT2D eigenvalue weighted by atomic mass is 35.5. The average Bonchev–Trinajstić information content (AvgIpc) is 3.37. The minimum atomic E-state index is -0.0758. The number of hydrogen-bond acceptors (Lipinski definition) is 5. The maximum absolute atomic E-state index is 13.3. The Hall–Kier alpha value is -2.15. The van der Waals surface area contributed by atoms with Gasteiger partial charge in [0.05, 0.1) is 19.2 Å². The standard InChI is InChI=1S/C25H31Cl2N3O3/c1-16-5-6-19(11-21(16)27)28-9-4-10-29-12-17-14-30(15-18(17)13-29)25(31)23-22(32-2)8-7-20(26)24(23)33-3/h5-8,11,17-18,28H,4,9-10,12-15H2,1-3H3. The molecule has 6 nitrogen and oxygen atoms in total. The number of ether oxygens (including phenoxy) is 2. The van der Waals surface area contributed by atoms with Gasteiger partial charge in [-0.2, -0.15) is 0 Å². The van der Waals surface area contributed by atoms with Crippen molar-refractivity contribution in [2.45, 2.75) is 13.3 Å². The minimum Gasteiger partial charge on any atom is -0.496 e. The summed E-state index contributed by atoms with van der Waals surface area (Å²) in [5.74, 6) is 1.78. The molecule has 0 spiro atoms. The van der Waals surface area contributed by atoms with Crippen molar-refractivity contribution in [1.82, 2.24) is 9.80 Å². The van der Waals surface area contributed by atoms with Crippen molar-refractivity contribution in [1.29, 1.82) is 0 Å². The van der Waals surface area contributed by atoms with Gasteiger partial charge in [-0.15, -0.1) is 0 Å². The first kappa shape index (κ1) is 24.0. The van der Waals surface area contributed by atoms with E-state index in [2.05, 4.69) is 16.3 Å². The van der Waals surface area contributed by atoms with Crippen LogP contribution in [-0.4, -0.2) is 69.2 Å². The molecule has 2 saturated heterocycles. The molecule has 4 rings (SSSR count). The van der Waals surface area contributed by atoms with Crippen molar-refractivity contribution in [3.8, 4) is 11.5 Å². The third kappa shape index (κ3) is 5.18. The van der Waals surface area contributed by atoms with Gasteiger partial charge in [-0.1, -0.05) is 29.3 Å². The molecule has 2 aliphatic heterocycles. The SMILES string of the molecule is COc1ccc(Cl)c(OC)c1C(=O)N1CC2CN(CCCNc3ccc(C)c(Cl)c3)CC2C1. The van der Waals surface area contributed by atoms with Gasteiger partial charge in [-0.05, 0) is 61.6 Å². The van der Waals surface area contributed by atoms with Gasteiger partial charge in [-0.3, -0.25) is 4.79 Å². The lowest BCUT2D eigenvalue weighted by atomic mass is 10.0. The molecule has 0 saturated carbocycles. The van der Waals surface area contributed by atoms with Crippen molar-refractivity contribution >= 4 is 34.8 Å². The first-order valence-corrected chi connectivity index (χ1v) is 12.1. The Morgan fingerprint density at radius 3 is 2.39 bits per heavy atom. The van der Waals surface area contributed by atoms with Crippen molar-refractivity contribution in [3.63, 3.8) is 0 Å². The molecule has 0 aliphatic carbocycles. The molecule has 0 aromatic heterocycles. The van der Waals surface area contributed by atoms with E-state index in [1.54, 1.807) is 19.2 Å². The summed E-state index contributed by atoms with van der Waals surface area (Å²) < 4.78 is 10.9. The van der Waals surface area contributed by atoms with Gasteiger partial charge in [0.25, 0.3) is 5.91 Å². The van der Waals surface area contributed by atoms with Gasteiger partial charge in [0.1, 0.15) is 11.3 Å². The van der Waals surface area contributed by atoms with Gasteiger partial charge >= 0.3 is 0 Å². The first-order valence-electron chi connectivity index (χ1n) is 11.3. The molecule has 8 heteroatoms. The molecule has 0 radical (unpaired) electrons. The summed E-state index contributed by atoms with van der Waals surface area (Å²) >= 11 is 12.5. The lowest BCUT2D eigenvalue weighted by Crippen LogP contribution is -2.34. The van der Waals surface area contributed by atoms with Gasteiger partial charge in [0, 0.05) is 43.4 Å². The highest BCUT2D eigenvalue weighted by Crippen LogP contribution is 2.39. The number of fused-ring (bicyclic) bond motifs is 1. The number of methoxy groups -OCH3 is 2. The molecular weight excluding hydrogens is 461 g/mol. The summed E-state index contributed by atoms with van der Waals surface area (Å²) in [6, 6.07) is 9.49. The van der Waals surface area contributed by atoms with E-state index in [0.717, 1.165) is 62.0 Å². The quantitative estimate of drug-likeness (QED) is 0.536. The Balaban J connectivity index is 1.28. The fraction of sp³-hybridized carbons (Fsp3) is 0.480. The minimum absolute atomic E-state index is 0.0758. The van der Waals surface area contributed by atoms with E-state index in [1.165, 1.54) is 7.11 Å². The second-order valence-corrected chi connectivity index (χ2v) is 9.71. The van der Waals surface area contributed by atoms with Crippen LogP contribution in [0.2, 0.25) is 10.0 Å². The number of nitrogens with zero attached hydrogens (tertiary/aromatic N) is 2. The summed E-state index contributed by atoms with van der Waals surface area (Å²) in [7, 11) is 3.08. The van der Waals surface area contributed by atoms with Gasteiger partial charge in [0.2, 0.25) is 0 Å². The number of likely N-dealkylation sites (tertiary alicyclic amines) is 2. The van der Waals surface area contributed by atoms with Gasteiger partial charge in [-0.25, -0.2) is 0 Å². The Bertz CT molecular complexity index is 1000. The topological polar surface area (TPSA) is 54.0 Å². The summed E-state index contributed by atoms with van der Waals surface area (Å²) in [5.41, 5.74) is 2.56. The Morgan fingerprint density at radius 2 is 1.76 bits per heavy atom. The Morgan fingerprint density at radius 1 is 1.03 bits per heavy atom. The van der Waals surface area contributed by atoms with E-state index in [0.29, 0.717) is 33.9 Å². The van der Waals surface area contributed by atoms with Gasteiger partial charge < -0.3 is 24.6 Å². The van der Waals surface area contributed by atoms with Crippen LogP contribution in [-0.2, 0) is 0 Å². The van der Waals surface area contributed by atoms with Crippen LogP contribution in [0, 0.1) is 18.8 Å². The molecule has 1 N–H and O–H groups in total. The number of carbonyl (C=O) groups excluding carboxylic acids is 1. The number of aryl methyl sites for hydroxylation is 1. The van der Waals surface area contributed by atoms with Crippen LogP contribution in [0.25, 0.3) is 0 Å². The zero-order chi connectivity index (χ0) is 23.5. The van der Waals surface area contributed by atoms with E-state index in [-0.39, 0.29) is 5.91 Å². The Labute approximate surface area is 205 Å². The number of benzene rings is 2. The van der Waals surface area contributed by atoms with Gasteiger partial charge in [0.15, 0.2) is 5.75 Å². The molecule has 33 heavy (non-hydrogen) atoms. The number of amides is 1. The van der Waals surface area contributed by atoms with Crippen LogP contribution >= 0.6 is 23.2 Å². The maximum Gasteiger partial charge on any atom is 0.261 e. The number of carbonyl (C=O) groups is 1. The second kappa shape index (κ2) is 10.4. The van der Waals surface area contributed by atoms with Crippen molar-refractivity contribution in [2.75, 3.05) is 58.8 Å². The number of hydrogen-bond donors (Lipinski definition) is 1. The monoisotopic (exact) mass is 491 g/mol. The van der Waals surface area contributed by atoms with Crippen LogP contribution in [0.5, 0.6) is 11.5 Å². The molecule has 2 unspecified atom stereocenters. The van der Waals surface area contributed by atoms with E-state index in [9.17, 15) is 4.79 Å². The third-order valence-electron chi connectivity index (χ3n) is 6.71. The lowest BCUT2D eigenvalue weighted by Gasteiger charge is -2.23. The van der Waals surface area contributed by atoms with Crippen LogP contribution in [0.3, 0.4) is 0 Å². The van der Waals surface area contributed by atoms with Crippen molar-refractivity contribution in [2.24, 2.45) is 11.8 Å². The first-order chi connectivity index (χ1) is 15.9. The predicted molar refractivity (Wildman–Crippen MR) is 133 cm³/mol. The molecule has 2 atom stereocenters. The highest BCUT2D eigenvalue weighted by molar-refractivity contribution is 6.33. The van der Waals surface area contributed by atoms with E-state index in [4.69, 9.17) is 32.7 Å². The average molecular weight is 492 g/mol. The summed E-state index contributed by atoms with van der Waals surface area (Å²) in [4.78, 5) is 17.8. The molecule has 178 valence electrons. The lowest BCUT2D eigenvalue weighted by molar-refractivity contribution is 0.0767. The van der Waals surface area contributed by atoms with E-state index < -0.39 is 0 Å². The summed E-state index contributed by atoms with van der Waals surface area (Å²) in [6.07, 6.45) is 1.06. The maximum atomic E-state index is 13.3. The van der Waals surface area contributed by atoms with Crippen LogP contribution in [0.1, 0.15) is 22.3 Å². The number of halogens is 2. The number of rotatable bonds is 8. The normalized spacial score (nSPS) is 20.1. The summed E-state index contributed by atoms with van der Waals surface area (Å²) in [6.45, 7) is 7.50. The Kier molecular flexibility index (Phi) is 7.57. The molecule has 2 heterocycles. The number of anilines is 1. The molecule has 2 aromatic rings. The molecule has 0 bridgehead atoms. The largest absolute Gasteiger partial charge is 0.496 e. The van der Waals surface area contributed by atoms with Crippen molar-refractivity contribution in [3.05, 3.63) is 51.5 Å². The molecule has 1 amide bonds. The van der Waals surface area contributed by atoms with E-state index in [1.807, 2.05) is 24.0 Å². The summed E-state index contributed by atoms with van der Waals surface area (Å²) in [5, 5.41) is 4.66. The zero-order valence-corrected chi connectivity index (χ0v) is 20.9. The molecular formula is C25H31Cl2N3O3. The predicted octanol–water partition coefficient (Wildman–Crippen LogP) is 4.83. The van der Waals surface area contributed by atoms with Crippen LogP contribution < -0.4 is 14.8 Å². The second-order valence-electron chi connectivity index (χ2n) is 8.89. The fourth-order valence-electron chi connectivity index (χ4n) is 4.95. The molecule has 2 aliphatic rings. The smallest absolute Gasteiger partial charge is 0.261 e. The molecule has 2 aromatic carbocycles. The highest BCUT2D eigenvalue weighted by Gasteiger charge is 2.42. The number of nitrogens with one attached hydrogen (secondary N) is 1. The van der Waals surface area contributed by atoms with E-state index >= 15 is 0 Å². The van der Waals surface area contributed by atoms with Crippen LogP contribution in [0.4, 0.5) is 5.69 Å². The zero-order valence-electron chi connectivity index (χ0n) is 19.4. The fourth-order valence-corrected chi connectivity index (χ4v) is 5.36. The van der Waals surface area contributed by atoms with Crippen molar-refractivity contribution < 1.29 is 14.3 Å². The third-order valence-corrected chi connectivity index (χ3v) is 7.42. The molecule has 2 fully saturated rings. The van der Waals surface area contributed by atoms with Crippen LogP contribution in [0.15, 0.2) is 30.3 Å².